The maximum Gasteiger partial charge on any atom is 0.404 e. The van der Waals surface area contributed by atoms with Gasteiger partial charge in [-0.2, -0.15) is 0 Å². The van der Waals surface area contributed by atoms with Gasteiger partial charge in [0.15, 0.2) is 0 Å². The normalized spacial score (nSPS) is 16.8. The Labute approximate surface area is 95.0 Å². The van der Waals surface area contributed by atoms with E-state index < -0.39 is 6.09 Å². The van der Waals surface area contributed by atoms with Gasteiger partial charge in [0.1, 0.15) is 0 Å². The van der Waals surface area contributed by atoms with Gasteiger partial charge < -0.3 is 10.4 Å². The van der Waals surface area contributed by atoms with Crippen molar-refractivity contribution in [1.29, 1.82) is 0 Å². The fraction of sp³-hybridized carbons (Fsp3) is 0.800. The van der Waals surface area contributed by atoms with Crippen LogP contribution in [0.5, 0.6) is 0 Å². The molecule has 0 spiro atoms. The van der Waals surface area contributed by atoms with E-state index in [1.807, 2.05) is 5.01 Å². The van der Waals surface area contributed by atoms with Crippen LogP contribution in [-0.2, 0) is 4.79 Å². The van der Waals surface area contributed by atoms with E-state index in [4.69, 9.17) is 5.11 Å². The highest BCUT2D eigenvalue weighted by Gasteiger charge is 2.12. The molecule has 0 unspecified atom stereocenters. The number of amides is 2. The van der Waals surface area contributed by atoms with Crippen molar-refractivity contribution < 1.29 is 14.7 Å². The number of rotatable bonds is 5. The summed E-state index contributed by atoms with van der Waals surface area (Å²) in [6.07, 6.45) is 3.33. The van der Waals surface area contributed by atoms with Gasteiger partial charge in [0.2, 0.25) is 5.91 Å². The molecule has 0 aromatic rings. The Hall–Kier alpha value is -1.30. The molecule has 0 aliphatic carbocycles. The van der Waals surface area contributed by atoms with E-state index in [9.17, 15) is 9.59 Å². The summed E-state index contributed by atoms with van der Waals surface area (Å²) in [6.45, 7) is 2.15. The van der Waals surface area contributed by atoms with Crippen molar-refractivity contribution in [1.82, 2.24) is 15.8 Å². The molecular formula is C10H19N3O3. The minimum absolute atomic E-state index is 0.0333. The van der Waals surface area contributed by atoms with Crippen LogP contribution in [0.3, 0.4) is 0 Å². The van der Waals surface area contributed by atoms with Crippen molar-refractivity contribution in [3.8, 4) is 0 Å². The lowest BCUT2D eigenvalue weighted by Crippen LogP contribution is -2.45. The molecule has 1 fully saturated rings. The Bertz CT molecular complexity index is 239. The summed E-state index contributed by atoms with van der Waals surface area (Å²) in [7, 11) is 0. The number of nitrogens with one attached hydrogen (secondary N) is 2. The fourth-order valence-electron chi connectivity index (χ4n) is 1.68. The Morgan fingerprint density at radius 3 is 2.50 bits per heavy atom. The van der Waals surface area contributed by atoms with Crippen LogP contribution in [-0.4, -0.2) is 41.8 Å². The highest BCUT2D eigenvalue weighted by atomic mass is 16.4. The van der Waals surface area contributed by atoms with E-state index in [2.05, 4.69) is 10.7 Å². The molecule has 0 aromatic heterocycles. The van der Waals surface area contributed by atoms with Gasteiger partial charge in [0.05, 0.1) is 0 Å². The summed E-state index contributed by atoms with van der Waals surface area (Å²) < 4.78 is 0. The van der Waals surface area contributed by atoms with E-state index in [1.54, 1.807) is 0 Å². The maximum absolute atomic E-state index is 11.4. The van der Waals surface area contributed by atoms with Gasteiger partial charge in [-0.15, -0.1) is 0 Å². The molecule has 0 bridgehead atoms. The summed E-state index contributed by atoms with van der Waals surface area (Å²) in [6, 6.07) is 0. The number of piperidine rings is 1. The van der Waals surface area contributed by atoms with E-state index in [-0.39, 0.29) is 5.91 Å². The van der Waals surface area contributed by atoms with E-state index in [0.717, 1.165) is 25.9 Å². The monoisotopic (exact) mass is 229 g/mol. The van der Waals surface area contributed by atoms with Crippen LogP contribution in [0.15, 0.2) is 0 Å². The second-order valence-corrected chi connectivity index (χ2v) is 3.92. The number of carboxylic acid groups (broad SMARTS) is 1. The topological polar surface area (TPSA) is 81.7 Å². The van der Waals surface area contributed by atoms with Crippen molar-refractivity contribution in [3.63, 3.8) is 0 Å². The summed E-state index contributed by atoms with van der Waals surface area (Å²) in [5.74, 6) is -0.0333. The molecule has 16 heavy (non-hydrogen) atoms. The van der Waals surface area contributed by atoms with Gasteiger partial charge in [0, 0.05) is 26.1 Å². The van der Waals surface area contributed by atoms with Gasteiger partial charge in [-0.05, 0) is 19.3 Å². The average Bonchev–Trinajstić information content (AvgIpc) is 2.25. The number of hydrazine groups is 1. The van der Waals surface area contributed by atoms with Crippen molar-refractivity contribution in [2.75, 3.05) is 19.6 Å². The molecule has 1 rings (SSSR count). The molecule has 0 saturated carbocycles. The number of carbonyl (C=O) groups is 2. The molecule has 0 atom stereocenters. The quantitative estimate of drug-likeness (QED) is 0.601. The Morgan fingerprint density at radius 1 is 1.19 bits per heavy atom. The lowest BCUT2D eigenvalue weighted by atomic mass is 10.2. The SMILES string of the molecule is O=C(O)NCCCC(=O)NN1CCCCC1. The second kappa shape index (κ2) is 7.05. The first kappa shape index (κ1) is 12.8. The largest absolute Gasteiger partial charge is 0.465 e. The van der Waals surface area contributed by atoms with Crippen LogP contribution < -0.4 is 10.7 Å². The molecule has 6 heteroatoms. The van der Waals surface area contributed by atoms with Gasteiger partial charge in [-0.25, -0.2) is 9.80 Å². The fourth-order valence-corrected chi connectivity index (χ4v) is 1.68. The molecule has 0 aromatic carbocycles. The Morgan fingerprint density at radius 2 is 1.88 bits per heavy atom. The van der Waals surface area contributed by atoms with Crippen LogP contribution in [0, 0.1) is 0 Å². The highest BCUT2D eigenvalue weighted by molar-refractivity contribution is 5.75. The van der Waals surface area contributed by atoms with Crippen molar-refractivity contribution >= 4 is 12.0 Å². The maximum atomic E-state index is 11.4. The van der Waals surface area contributed by atoms with Gasteiger partial charge >= 0.3 is 6.09 Å². The third-order valence-electron chi connectivity index (χ3n) is 2.50. The van der Waals surface area contributed by atoms with Gasteiger partial charge in [0.25, 0.3) is 0 Å². The molecule has 1 saturated heterocycles. The third kappa shape index (κ3) is 5.55. The Balaban J connectivity index is 2.03. The van der Waals surface area contributed by atoms with Crippen LogP contribution in [0.2, 0.25) is 0 Å². The average molecular weight is 229 g/mol. The number of hydrogen-bond acceptors (Lipinski definition) is 3. The van der Waals surface area contributed by atoms with Crippen LogP contribution in [0.25, 0.3) is 0 Å². The summed E-state index contributed by atoms with van der Waals surface area (Å²) >= 11 is 0. The summed E-state index contributed by atoms with van der Waals surface area (Å²) in [5.41, 5.74) is 2.83. The van der Waals surface area contributed by atoms with Crippen LogP contribution in [0.1, 0.15) is 32.1 Å². The first-order valence-corrected chi connectivity index (χ1v) is 5.70. The van der Waals surface area contributed by atoms with E-state index in [1.165, 1.54) is 6.42 Å². The lowest BCUT2D eigenvalue weighted by molar-refractivity contribution is -0.126. The number of carbonyl (C=O) groups excluding carboxylic acids is 1. The standard InChI is InChI=1S/C10H19N3O3/c14-9(5-4-6-11-10(15)16)12-13-7-2-1-3-8-13/h11H,1-8H2,(H,12,14)(H,15,16). The molecule has 3 N–H and O–H groups in total. The van der Waals surface area contributed by atoms with Gasteiger partial charge in [-0.3, -0.25) is 10.2 Å². The predicted molar refractivity (Wildman–Crippen MR) is 58.8 cm³/mol. The molecule has 0 radical (unpaired) electrons. The van der Waals surface area contributed by atoms with Crippen molar-refractivity contribution in [3.05, 3.63) is 0 Å². The molecule has 1 aliphatic rings. The smallest absolute Gasteiger partial charge is 0.404 e. The first-order chi connectivity index (χ1) is 7.68. The molecule has 1 heterocycles. The van der Waals surface area contributed by atoms with Crippen molar-refractivity contribution in [2.24, 2.45) is 0 Å². The minimum atomic E-state index is -1.04. The van der Waals surface area contributed by atoms with E-state index >= 15 is 0 Å². The van der Waals surface area contributed by atoms with Crippen LogP contribution >= 0.6 is 0 Å². The summed E-state index contributed by atoms with van der Waals surface area (Å²) in [4.78, 5) is 21.6. The predicted octanol–water partition coefficient (Wildman–Crippen LogP) is 0.551. The Kier molecular flexibility index (Phi) is 5.63. The van der Waals surface area contributed by atoms with E-state index in [0.29, 0.717) is 19.4 Å². The first-order valence-electron chi connectivity index (χ1n) is 5.70. The lowest BCUT2D eigenvalue weighted by Gasteiger charge is -2.26. The van der Waals surface area contributed by atoms with Crippen molar-refractivity contribution in [2.45, 2.75) is 32.1 Å². The highest BCUT2D eigenvalue weighted by Crippen LogP contribution is 2.05. The summed E-state index contributed by atoms with van der Waals surface area (Å²) in [5, 5.41) is 12.5. The zero-order valence-electron chi connectivity index (χ0n) is 9.37. The molecule has 6 nitrogen and oxygen atoms in total. The molecule has 2 amide bonds. The zero-order valence-corrected chi connectivity index (χ0v) is 9.37. The zero-order chi connectivity index (χ0) is 11.8. The third-order valence-corrected chi connectivity index (χ3v) is 2.50. The second-order valence-electron chi connectivity index (χ2n) is 3.92. The minimum Gasteiger partial charge on any atom is -0.465 e. The number of hydrogen-bond donors (Lipinski definition) is 3. The number of nitrogens with zero attached hydrogens (tertiary/aromatic N) is 1. The molecular weight excluding hydrogens is 210 g/mol. The van der Waals surface area contributed by atoms with Gasteiger partial charge in [-0.1, -0.05) is 6.42 Å². The van der Waals surface area contributed by atoms with Crippen LogP contribution in [0.4, 0.5) is 4.79 Å². The molecule has 1 aliphatic heterocycles. The molecule has 92 valence electrons.